The van der Waals surface area contributed by atoms with Gasteiger partial charge in [0.1, 0.15) is 0 Å². The van der Waals surface area contributed by atoms with Gasteiger partial charge in [0.05, 0.1) is 5.56 Å². The zero-order valence-electron chi connectivity index (χ0n) is 10.3. The standard InChI is InChI=1S/C15H13IN2O/c1-2-8-18(14-6-4-3-5-7-14)15(19)12-9-13(16)11-17-10-12/h2-7,9-11H,1,8H2. The highest BCUT2D eigenvalue weighted by molar-refractivity contribution is 14.1. The van der Waals surface area contributed by atoms with Crippen LogP contribution in [0.5, 0.6) is 0 Å². The molecule has 0 saturated carbocycles. The molecule has 4 heteroatoms. The molecule has 1 heterocycles. The van der Waals surface area contributed by atoms with Crippen LogP contribution >= 0.6 is 22.6 Å². The van der Waals surface area contributed by atoms with Crippen LogP contribution in [0.2, 0.25) is 0 Å². The predicted molar refractivity (Wildman–Crippen MR) is 85.3 cm³/mol. The van der Waals surface area contributed by atoms with Crippen molar-refractivity contribution in [2.24, 2.45) is 0 Å². The first-order chi connectivity index (χ1) is 9.22. The van der Waals surface area contributed by atoms with Crippen molar-refractivity contribution < 1.29 is 4.79 Å². The molecule has 0 unspecified atom stereocenters. The number of carbonyl (C=O) groups excluding carboxylic acids is 1. The van der Waals surface area contributed by atoms with E-state index in [1.54, 1.807) is 23.4 Å². The van der Waals surface area contributed by atoms with Crippen LogP contribution in [0.4, 0.5) is 5.69 Å². The van der Waals surface area contributed by atoms with Gasteiger partial charge in [0.15, 0.2) is 0 Å². The highest BCUT2D eigenvalue weighted by Crippen LogP contribution is 2.17. The summed E-state index contributed by atoms with van der Waals surface area (Å²) < 4.78 is 0.940. The molecule has 96 valence electrons. The van der Waals surface area contributed by atoms with Gasteiger partial charge in [-0.15, -0.1) is 6.58 Å². The molecule has 2 aromatic rings. The smallest absolute Gasteiger partial charge is 0.260 e. The van der Waals surface area contributed by atoms with Crippen molar-refractivity contribution in [1.29, 1.82) is 0 Å². The normalized spacial score (nSPS) is 9.95. The fraction of sp³-hybridized carbons (Fsp3) is 0.0667. The molecule has 2 rings (SSSR count). The number of benzene rings is 1. The Labute approximate surface area is 126 Å². The van der Waals surface area contributed by atoms with Crippen molar-refractivity contribution in [3.63, 3.8) is 0 Å². The number of halogens is 1. The maximum Gasteiger partial charge on any atom is 0.260 e. The summed E-state index contributed by atoms with van der Waals surface area (Å²) in [7, 11) is 0. The first-order valence-electron chi connectivity index (χ1n) is 5.80. The second-order valence-corrected chi connectivity index (χ2v) is 5.18. The van der Waals surface area contributed by atoms with E-state index < -0.39 is 0 Å². The van der Waals surface area contributed by atoms with Crippen LogP contribution < -0.4 is 4.90 Å². The van der Waals surface area contributed by atoms with E-state index in [1.807, 2.05) is 36.4 Å². The average Bonchev–Trinajstić information content (AvgIpc) is 2.45. The van der Waals surface area contributed by atoms with E-state index in [9.17, 15) is 4.79 Å². The molecule has 0 bridgehead atoms. The number of carbonyl (C=O) groups is 1. The molecular formula is C15H13IN2O. The zero-order valence-corrected chi connectivity index (χ0v) is 12.4. The molecule has 1 aromatic carbocycles. The predicted octanol–water partition coefficient (Wildman–Crippen LogP) is 3.52. The van der Waals surface area contributed by atoms with E-state index in [0.717, 1.165) is 9.26 Å². The number of rotatable bonds is 4. The second-order valence-electron chi connectivity index (χ2n) is 3.93. The number of pyridine rings is 1. The van der Waals surface area contributed by atoms with Crippen molar-refractivity contribution in [2.45, 2.75) is 0 Å². The Bertz CT molecular complexity index is 584. The molecule has 1 aromatic heterocycles. The van der Waals surface area contributed by atoms with Crippen molar-refractivity contribution in [1.82, 2.24) is 4.98 Å². The summed E-state index contributed by atoms with van der Waals surface area (Å²) in [5, 5.41) is 0. The molecular weight excluding hydrogens is 351 g/mol. The Hall–Kier alpha value is -1.69. The lowest BCUT2D eigenvalue weighted by Gasteiger charge is -2.21. The number of para-hydroxylation sites is 1. The third-order valence-corrected chi connectivity index (χ3v) is 3.17. The van der Waals surface area contributed by atoms with E-state index >= 15 is 0 Å². The van der Waals surface area contributed by atoms with Crippen molar-refractivity contribution in [2.75, 3.05) is 11.4 Å². The highest BCUT2D eigenvalue weighted by atomic mass is 127. The lowest BCUT2D eigenvalue weighted by Crippen LogP contribution is -2.31. The summed E-state index contributed by atoms with van der Waals surface area (Å²) in [6.07, 6.45) is 5.02. The summed E-state index contributed by atoms with van der Waals surface area (Å²) in [6, 6.07) is 11.4. The SMILES string of the molecule is C=CCN(C(=O)c1cncc(I)c1)c1ccccc1. The van der Waals surface area contributed by atoms with Gasteiger partial charge in [-0.2, -0.15) is 0 Å². The first-order valence-corrected chi connectivity index (χ1v) is 6.88. The van der Waals surface area contributed by atoms with Gasteiger partial charge in [-0.3, -0.25) is 9.78 Å². The average molecular weight is 364 g/mol. The Morgan fingerprint density at radius 2 is 2.05 bits per heavy atom. The monoisotopic (exact) mass is 364 g/mol. The summed E-state index contributed by atoms with van der Waals surface area (Å²) in [4.78, 5) is 18.3. The molecule has 1 amide bonds. The van der Waals surface area contributed by atoms with E-state index in [4.69, 9.17) is 0 Å². The van der Waals surface area contributed by atoms with Gasteiger partial charge in [-0.05, 0) is 40.8 Å². The maximum atomic E-state index is 12.5. The molecule has 0 atom stereocenters. The lowest BCUT2D eigenvalue weighted by molar-refractivity contribution is 0.0989. The first kappa shape index (κ1) is 13.7. The molecule has 0 fully saturated rings. The van der Waals surface area contributed by atoms with E-state index in [-0.39, 0.29) is 5.91 Å². The number of amides is 1. The molecule has 0 radical (unpaired) electrons. The molecule has 3 nitrogen and oxygen atoms in total. The summed E-state index contributed by atoms with van der Waals surface area (Å²) >= 11 is 2.14. The number of aromatic nitrogens is 1. The minimum atomic E-state index is -0.0721. The number of anilines is 1. The second kappa shape index (κ2) is 6.47. The third-order valence-electron chi connectivity index (χ3n) is 2.58. The summed E-state index contributed by atoms with van der Waals surface area (Å²) in [5.41, 5.74) is 1.43. The Morgan fingerprint density at radius 3 is 2.68 bits per heavy atom. The van der Waals surface area contributed by atoms with Gasteiger partial charge >= 0.3 is 0 Å². The minimum Gasteiger partial charge on any atom is -0.305 e. The van der Waals surface area contributed by atoms with Crippen LogP contribution in [0.3, 0.4) is 0 Å². The number of nitrogens with zero attached hydrogens (tertiary/aromatic N) is 2. The Kier molecular flexibility index (Phi) is 4.68. The van der Waals surface area contributed by atoms with Gasteiger partial charge in [-0.25, -0.2) is 0 Å². The molecule has 0 saturated heterocycles. The quantitative estimate of drug-likeness (QED) is 0.615. The molecule has 0 spiro atoms. The fourth-order valence-electron chi connectivity index (χ4n) is 1.73. The molecule has 0 N–H and O–H groups in total. The van der Waals surface area contributed by atoms with Crippen molar-refractivity contribution >= 4 is 34.2 Å². The fourth-order valence-corrected chi connectivity index (χ4v) is 2.22. The summed E-state index contributed by atoms with van der Waals surface area (Å²) in [5.74, 6) is -0.0721. The van der Waals surface area contributed by atoms with Crippen LogP contribution in [0.15, 0.2) is 61.4 Å². The molecule has 0 aliphatic heterocycles. The topological polar surface area (TPSA) is 33.2 Å². The van der Waals surface area contributed by atoms with Crippen LogP contribution in [-0.4, -0.2) is 17.4 Å². The third kappa shape index (κ3) is 3.41. The lowest BCUT2D eigenvalue weighted by atomic mass is 10.2. The van der Waals surface area contributed by atoms with Gasteiger partial charge in [0.2, 0.25) is 0 Å². The van der Waals surface area contributed by atoms with Gasteiger partial charge in [0, 0.05) is 28.2 Å². The zero-order chi connectivity index (χ0) is 13.7. The Morgan fingerprint density at radius 1 is 1.32 bits per heavy atom. The molecule has 19 heavy (non-hydrogen) atoms. The highest BCUT2D eigenvalue weighted by Gasteiger charge is 2.16. The van der Waals surface area contributed by atoms with E-state index in [1.165, 1.54) is 0 Å². The maximum absolute atomic E-state index is 12.5. The molecule has 0 aliphatic rings. The van der Waals surface area contributed by atoms with Gasteiger partial charge < -0.3 is 4.90 Å². The van der Waals surface area contributed by atoms with E-state index in [2.05, 4.69) is 34.2 Å². The van der Waals surface area contributed by atoms with Crippen LogP contribution in [0, 0.1) is 3.57 Å². The van der Waals surface area contributed by atoms with Crippen LogP contribution in [-0.2, 0) is 0 Å². The summed E-state index contributed by atoms with van der Waals surface area (Å²) in [6.45, 7) is 4.18. The largest absolute Gasteiger partial charge is 0.305 e. The number of hydrogen-bond donors (Lipinski definition) is 0. The van der Waals surface area contributed by atoms with Crippen molar-refractivity contribution in [3.8, 4) is 0 Å². The van der Waals surface area contributed by atoms with Gasteiger partial charge in [0.25, 0.3) is 5.91 Å². The van der Waals surface area contributed by atoms with Gasteiger partial charge in [-0.1, -0.05) is 24.3 Å². The van der Waals surface area contributed by atoms with Crippen LogP contribution in [0.25, 0.3) is 0 Å². The Balaban J connectivity index is 2.34. The number of hydrogen-bond acceptors (Lipinski definition) is 2. The minimum absolute atomic E-state index is 0.0721. The van der Waals surface area contributed by atoms with Crippen molar-refractivity contribution in [3.05, 3.63) is 70.6 Å². The molecule has 0 aliphatic carbocycles. The van der Waals surface area contributed by atoms with Crippen LogP contribution in [0.1, 0.15) is 10.4 Å². The van der Waals surface area contributed by atoms with E-state index in [0.29, 0.717) is 12.1 Å².